The van der Waals surface area contributed by atoms with Crippen molar-refractivity contribution in [3.05, 3.63) is 30.3 Å². The smallest absolute Gasteiger partial charge is 0.0640 e. The van der Waals surface area contributed by atoms with Crippen molar-refractivity contribution in [2.45, 2.75) is 13.0 Å². The van der Waals surface area contributed by atoms with E-state index in [4.69, 9.17) is 5.11 Å². The number of aliphatic hydroxyl groups excluding tert-OH is 1. The summed E-state index contributed by atoms with van der Waals surface area (Å²) in [7, 11) is 0. The molecule has 1 atom stereocenters. The van der Waals surface area contributed by atoms with Gasteiger partial charge in [0.05, 0.1) is 12.6 Å². The number of hydrogen-bond donors (Lipinski definition) is 2. The van der Waals surface area contributed by atoms with Crippen LogP contribution in [0, 0.1) is 0 Å². The van der Waals surface area contributed by atoms with Gasteiger partial charge in [-0.2, -0.15) is 11.8 Å². The fourth-order valence-corrected chi connectivity index (χ4v) is 1.88. The molecule has 0 aliphatic rings. The maximum atomic E-state index is 9.14. The lowest BCUT2D eigenvalue weighted by Gasteiger charge is -2.16. The van der Waals surface area contributed by atoms with Gasteiger partial charge in [-0.25, -0.2) is 0 Å². The zero-order chi connectivity index (χ0) is 10.2. The summed E-state index contributed by atoms with van der Waals surface area (Å²) in [5.74, 6) is 2.04. The Morgan fingerprint density at radius 3 is 2.64 bits per heavy atom. The van der Waals surface area contributed by atoms with Crippen molar-refractivity contribution in [2.75, 3.05) is 23.4 Å². The molecular weight excluding hydrogens is 194 g/mol. The first kappa shape index (κ1) is 11.4. The number of para-hydroxylation sites is 1. The maximum Gasteiger partial charge on any atom is 0.0640 e. The van der Waals surface area contributed by atoms with E-state index in [1.165, 1.54) is 0 Å². The lowest BCUT2D eigenvalue weighted by Crippen LogP contribution is -2.26. The molecule has 0 radical (unpaired) electrons. The largest absolute Gasteiger partial charge is 0.394 e. The number of hydrogen-bond acceptors (Lipinski definition) is 3. The zero-order valence-electron chi connectivity index (χ0n) is 8.44. The first-order chi connectivity index (χ1) is 6.86. The highest BCUT2D eigenvalue weighted by Gasteiger charge is 2.05. The van der Waals surface area contributed by atoms with Gasteiger partial charge in [0.15, 0.2) is 0 Å². The van der Waals surface area contributed by atoms with Crippen LogP contribution in [0.25, 0.3) is 0 Å². The number of benzene rings is 1. The molecular formula is C11H17NOS. The second kappa shape index (κ2) is 6.74. The molecule has 1 unspecified atom stereocenters. The second-order valence-corrected chi connectivity index (χ2v) is 4.37. The number of anilines is 1. The summed E-state index contributed by atoms with van der Waals surface area (Å²) in [6.07, 6.45) is 0. The van der Waals surface area contributed by atoms with E-state index in [0.717, 1.165) is 17.2 Å². The predicted molar refractivity (Wildman–Crippen MR) is 63.9 cm³/mol. The van der Waals surface area contributed by atoms with Crippen molar-refractivity contribution in [2.24, 2.45) is 0 Å². The van der Waals surface area contributed by atoms with Gasteiger partial charge in [-0.1, -0.05) is 25.1 Å². The molecule has 0 aliphatic carbocycles. The molecule has 0 spiro atoms. The van der Waals surface area contributed by atoms with E-state index in [1.807, 2.05) is 42.1 Å². The number of rotatable bonds is 6. The summed E-state index contributed by atoms with van der Waals surface area (Å²) in [6.45, 7) is 2.31. The van der Waals surface area contributed by atoms with E-state index in [2.05, 4.69) is 12.2 Å². The monoisotopic (exact) mass is 211 g/mol. The third kappa shape index (κ3) is 4.03. The Bertz CT molecular complexity index is 240. The normalized spacial score (nSPS) is 12.4. The molecule has 1 aromatic carbocycles. The maximum absolute atomic E-state index is 9.14. The quantitative estimate of drug-likeness (QED) is 0.756. The minimum Gasteiger partial charge on any atom is -0.394 e. The Morgan fingerprint density at radius 2 is 2.07 bits per heavy atom. The van der Waals surface area contributed by atoms with E-state index < -0.39 is 0 Å². The van der Waals surface area contributed by atoms with E-state index in [9.17, 15) is 0 Å². The Balaban J connectivity index is 2.40. The average molecular weight is 211 g/mol. The van der Waals surface area contributed by atoms with Crippen LogP contribution in [-0.2, 0) is 0 Å². The van der Waals surface area contributed by atoms with Gasteiger partial charge >= 0.3 is 0 Å². The topological polar surface area (TPSA) is 32.3 Å². The Hall–Kier alpha value is -0.670. The van der Waals surface area contributed by atoms with Crippen molar-refractivity contribution < 1.29 is 5.11 Å². The fraction of sp³-hybridized carbons (Fsp3) is 0.455. The highest BCUT2D eigenvalue weighted by atomic mass is 32.2. The third-order valence-corrected chi connectivity index (χ3v) is 2.93. The molecule has 78 valence electrons. The summed E-state index contributed by atoms with van der Waals surface area (Å²) < 4.78 is 0. The van der Waals surface area contributed by atoms with Crippen molar-refractivity contribution in [3.63, 3.8) is 0 Å². The van der Waals surface area contributed by atoms with Crippen LogP contribution in [0.15, 0.2) is 30.3 Å². The molecule has 0 aliphatic heterocycles. The molecule has 0 amide bonds. The molecule has 0 fully saturated rings. The Labute approximate surface area is 89.7 Å². The molecule has 0 heterocycles. The Morgan fingerprint density at radius 1 is 1.36 bits per heavy atom. The molecule has 0 bridgehead atoms. The van der Waals surface area contributed by atoms with E-state index in [0.29, 0.717) is 0 Å². The van der Waals surface area contributed by atoms with Crippen LogP contribution in [0.4, 0.5) is 5.69 Å². The zero-order valence-corrected chi connectivity index (χ0v) is 9.26. The van der Waals surface area contributed by atoms with Gasteiger partial charge in [-0.15, -0.1) is 0 Å². The highest BCUT2D eigenvalue weighted by molar-refractivity contribution is 7.99. The average Bonchev–Trinajstić information content (AvgIpc) is 2.25. The van der Waals surface area contributed by atoms with Gasteiger partial charge in [0.2, 0.25) is 0 Å². The van der Waals surface area contributed by atoms with E-state index in [-0.39, 0.29) is 12.6 Å². The van der Waals surface area contributed by atoms with Gasteiger partial charge < -0.3 is 10.4 Å². The number of aliphatic hydroxyl groups is 1. The summed E-state index contributed by atoms with van der Waals surface area (Å²) in [5.41, 5.74) is 1.07. The summed E-state index contributed by atoms with van der Waals surface area (Å²) in [4.78, 5) is 0. The van der Waals surface area contributed by atoms with Gasteiger partial charge in [-0.05, 0) is 17.9 Å². The molecule has 1 aromatic rings. The lowest BCUT2D eigenvalue weighted by atomic mass is 10.3. The Kier molecular flexibility index (Phi) is 5.49. The van der Waals surface area contributed by atoms with E-state index >= 15 is 0 Å². The molecule has 1 rings (SSSR count). The molecule has 0 saturated heterocycles. The van der Waals surface area contributed by atoms with Crippen LogP contribution in [0.2, 0.25) is 0 Å². The van der Waals surface area contributed by atoms with Crippen LogP contribution in [-0.4, -0.2) is 29.3 Å². The van der Waals surface area contributed by atoms with E-state index in [1.54, 1.807) is 0 Å². The van der Waals surface area contributed by atoms with Crippen molar-refractivity contribution >= 4 is 17.4 Å². The lowest BCUT2D eigenvalue weighted by molar-refractivity contribution is 0.283. The standard InChI is InChI=1S/C11H17NOS/c1-2-14-9-11(8-13)12-10-6-4-3-5-7-10/h3-7,11-13H,2,8-9H2,1H3. The van der Waals surface area contributed by atoms with Crippen LogP contribution >= 0.6 is 11.8 Å². The first-order valence-electron chi connectivity index (χ1n) is 4.87. The first-order valence-corrected chi connectivity index (χ1v) is 6.02. The van der Waals surface area contributed by atoms with Crippen molar-refractivity contribution in [1.29, 1.82) is 0 Å². The van der Waals surface area contributed by atoms with Crippen molar-refractivity contribution in [1.82, 2.24) is 0 Å². The van der Waals surface area contributed by atoms with Crippen LogP contribution in [0.1, 0.15) is 6.92 Å². The molecule has 0 saturated carbocycles. The molecule has 0 aromatic heterocycles. The summed E-state index contributed by atoms with van der Waals surface area (Å²) >= 11 is 1.84. The number of nitrogens with one attached hydrogen (secondary N) is 1. The predicted octanol–water partition coefficient (Wildman–Crippen LogP) is 2.21. The molecule has 2 N–H and O–H groups in total. The molecule has 2 nitrogen and oxygen atoms in total. The minimum absolute atomic E-state index is 0.155. The molecule has 3 heteroatoms. The third-order valence-electron chi connectivity index (χ3n) is 1.89. The van der Waals surface area contributed by atoms with Gasteiger partial charge in [0, 0.05) is 11.4 Å². The van der Waals surface area contributed by atoms with Crippen LogP contribution in [0.3, 0.4) is 0 Å². The van der Waals surface area contributed by atoms with Crippen molar-refractivity contribution in [3.8, 4) is 0 Å². The molecule has 14 heavy (non-hydrogen) atoms. The minimum atomic E-state index is 0.155. The van der Waals surface area contributed by atoms with Gasteiger partial charge in [0.25, 0.3) is 0 Å². The van der Waals surface area contributed by atoms with Gasteiger partial charge in [-0.3, -0.25) is 0 Å². The number of thioether (sulfide) groups is 1. The fourth-order valence-electron chi connectivity index (χ4n) is 1.17. The second-order valence-electron chi connectivity index (χ2n) is 3.05. The van der Waals surface area contributed by atoms with Crippen LogP contribution in [0.5, 0.6) is 0 Å². The summed E-state index contributed by atoms with van der Waals surface area (Å²) in [5, 5.41) is 12.4. The van der Waals surface area contributed by atoms with Crippen LogP contribution < -0.4 is 5.32 Å². The highest BCUT2D eigenvalue weighted by Crippen LogP contribution is 2.10. The van der Waals surface area contributed by atoms with Gasteiger partial charge in [0.1, 0.15) is 0 Å². The SMILES string of the molecule is CCSCC(CO)Nc1ccccc1. The summed E-state index contributed by atoms with van der Waals surface area (Å²) in [6, 6.07) is 10.1.